The van der Waals surface area contributed by atoms with Gasteiger partial charge in [-0.25, -0.2) is 0 Å². The van der Waals surface area contributed by atoms with Gasteiger partial charge in [0.15, 0.2) is 0 Å². The number of hydrogen-bond acceptors (Lipinski definition) is 1. The average molecular weight is 291 g/mol. The van der Waals surface area contributed by atoms with Gasteiger partial charge in [-0.3, -0.25) is 0 Å². The number of nitrogens with zero attached hydrogens (tertiary/aromatic N) is 1. The second-order valence-corrected chi connectivity index (χ2v) is 5.16. The third-order valence-corrected chi connectivity index (χ3v) is 3.17. The van der Waals surface area contributed by atoms with Gasteiger partial charge in [0.2, 0.25) is 0 Å². The first-order valence-corrected chi connectivity index (χ1v) is 6.60. The summed E-state index contributed by atoms with van der Waals surface area (Å²) in [5, 5.41) is 1.68. The first-order chi connectivity index (χ1) is 7.04. The molecule has 84 valence electrons. The van der Waals surface area contributed by atoms with E-state index in [1.807, 2.05) is 6.07 Å². The normalized spacial score (nSPS) is 10.8. The lowest BCUT2D eigenvalue weighted by atomic mass is 10.1. The van der Waals surface area contributed by atoms with Crippen LogP contribution in [0.3, 0.4) is 0 Å². The lowest BCUT2D eigenvalue weighted by molar-refractivity contribution is 0.638. The molecule has 1 aromatic carbocycles. The molecule has 0 saturated carbocycles. The van der Waals surface area contributed by atoms with E-state index in [1.165, 1.54) is 5.56 Å². The fourth-order valence-electron chi connectivity index (χ4n) is 1.59. The molecule has 1 aromatic rings. The molecule has 0 aromatic heterocycles. The Labute approximate surface area is 106 Å². The zero-order valence-electron chi connectivity index (χ0n) is 9.43. The molecular weight excluding hydrogens is 273 g/mol. The summed E-state index contributed by atoms with van der Waals surface area (Å²) < 4.78 is 0. The molecular formula is C12H17BrClN. The van der Waals surface area contributed by atoms with E-state index in [0.29, 0.717) is 5.92 Å². The van der Waals surface area contributed by atoms with Crippen LogP contribution in [0, 0.1) is 5.92 Å². The number of halogens is 2. The summed E-state index contributed by atoms with van der Waals surface area (Å²) in [5.41, 5.74) is 2.32. The molecule has 0 fully saturated rings. The zero-order chi connectivity index (χ0) is 11.4. The summed E-state index contributed by atoms with van der Waals surface area (Å²) in [6, 6.07) is 6.20. The minimum absolute atomic E-state index is 0.641. The second-order valence-electron chi connectivity index (χ2n) is 4.19. The van der Waals surface area contributed by atoms with Crippen molar-refractivity contribution in [2.45, 2.75) is 19.2 Å². The maximum atomic E-state index is 6.22. The monoisotopic (exact) mass is 289 g/mol. The van der Waals surface area contributed by atoms with Crippen LogP contribution in [0.15, 0.2) is 18.2 Å². The van der Waals surface area contributed by atoms with Gasteiger partial charge in [0.25, 0.3) is 0 Å². The van der Waals surface area contributed by atoms with Gasteiger partial charge in [-0.05, 0) is 23.6 Å². The van der Waals surface area contributed by atoms with Gasteiger partial charge >= 0.3 is 0 Å². The minimum Gasteiger partial charge on any atom is -0.373 e. The summed E-state index contributed by atoms with van der Waals surface area (Å²) in [7, 11) is 2.08. The standard InChI is InChI=1S/C12H17BrClN/c1-9(2)8-15(3)12-5-4-10(7-13)6-11(12)14/h4-6,9H,7-8H2,1-3H3. The topological polar surface area (TPSA) is 3.24 Å². The van der Waals surface area contributed by atoms with Crippen LogP contribution >= 0.6 is 27.5 Å². The fourth-order valence-corrected chi connectivity index (χ4v) is 2.29. The van der Waals surface area contributed by atoms with Gasteiger partial charge in [0, 0.05) is 18.9 Å². The molecule has 0 amide bonds. The summed E-state index contributed by atoms with van der Waals surface area (Å²) in [6.45, 7) is 5.43. The number of alkyl halides is 1. The molecule has 0 spiro atoms. The Morgan fingerprint density at radius 1 is 1.40 bits per heavy atom. The highest BCUT2D eigenvalue weighted by Gasteiger charge is 2.07. The van der Waals surface area contributed by atoms with Crippen LogP contribution in [0.4, 0.5) is 5.69 Å². The van der Waals surface area contributed by atoms with Crippen LogP contribution < -0.4 is 4.90 Å². The van der Waals surface area contributed by atoms with E-state index in [4.69, 9.17) is 11.6 Å². The van der Waals surface area contributed by atoms with E-state index >= 15 is 0 Å². The zero-order valence-corrected chi connectivity index (χ0v) is 11.8. The highest BCUT2D eigenvalue weighted by Crippen LogP contribution is 2.27. The van der Waals surface area contributed by atoms with Gasteiger partial charge in [-0.15, -0.1) is 0 Å². The summed E-state index contributed by atoms with van der Waals surface area (Å²) >= 11 is 9.65. The first-order valence-electron chi connectivity index (χ1n) is 5.10. The molecule has 3 heteroatoms. The van der Waals surface area contributed by atoms with E-state index in [2.05, 4.69) is 53.9 Å². The molecule has 15 heavy (non-hydrogen) atoms. The maximum absolute atomic E-state index is 6.22. The molecule has 0 radical (unpaired) electrons. The maximum Gasteiger partial charge on any atom is 0.0642 e. The Hall–Kier alpha value is -0.210. The summed E-state index contributed by atoms with van der Waals surface area (Å²) in [5.74, 6) is 0.641. The molecule has 0 bridgehead atoms. The van der Waals surface area contributed by atoms with Crippen molar-refractivity contribution >= 4 is 33.2 Å². The lowest BCUT2D eigenvalue weighted by Gasteiger charge is -2.22. The molecule has 0 aliphatic carbocycles. The number of rotatable bonds is 4. The van der Waals surface area contributed by atoms with Crippen LogP contribution in [0.25, 0.3) is 0 Å². The van der Waals surface area contributed by atoms with E-state index in [9.17, 15) is 0 Å². The van der Waals surface area contributed by atoms with Crippen molar-refractivity contribution in [3.8, 4) is 0 Å². The van der Waals surface area contributed by atoms with Crippen molar-refractivity contribution < 1.29 is 0 Å². The van der Waals surface area contributed by atoms with Gasteiger partial charge in [-0.1, -0.05) is 47.4 Å². The molecule has 0 atom stereocenters. The molecule has 0 unspecified atom stereocenters. The van der Waals surface area contributed by atoms with Crippen LogP contribution in [0.2, 0.25) is 5.02 Å². The Morgan fingerprint density at radius 3 is 2.53 bits per heavy atom. The van der Waals surface area contributed by atoms with Crippen molar-refractivity contribution in [3.63, 3.8) is 0 Å². The average Bonchev–Trinajstić information content (AvgIpc) is 2.16. The van der Waals surface area contributed by atoms with Crippen LogP contribution in [-0.2, 0) is 5.33 Å². The highest BCUT2D eigenvalue weighted by molar-refractivity contribution is 9.08. The van der Waals surface area contributed by atoms with Crippen molar-refractivity contribution in [1.29, 1.82) is 0 Å². The number of anilines is 1. The van der Waals surface area contributed by atoms with E-state index in [0.717, 1.165) is 22.6 Å². The molecule has 0 aliphatic heterocycles. The predicted molar refractivity (Wildman–Crippen MR) is 72.2 cm³/mol. The molecule has 0 saturated heterocycles. The molecule has 1 nitrogen and oxygen atoms in total. The second kappa shape index (κ2) is 5.76. The van der Waals surface area contributed by atoms with E-state index < -0.39 is 0 Å². The Balaban J connectivity index is 2.85. The molecule has 0 aliphatic rings. The van der Waals surface area contributed by atoms with Gasteiger partial charge in [-0.2, -0.15) is 0 Å². The van der Waals surface area contributed by atoms with E-state index in [1.54, 1.807) is 0 Å². The Morgan fingerprint density at radius 2 is 2.07 bits per heavy atom. The Kier molecular flexibility index (Phi) is 4.94. The van der Waals surface area contributed by atoms with Crippen molar-refractivity contribution in [1.82, 2.24) is 0 Å². The van der Waals surface area contributed by atoms with E-state index in [-0.39, 0.29) is 0 Å². The Bertz CT molecular complexity index is 325. The quantitative estimate of drug-likeness (QED) is 0.746. The first kappa shape index (κ1) is 12.9. The molecule has 0 heterocycles. The number of benzene rings is 1. The van der Waals surface area contributed by atoms with Crippen LogP contribution in [0.1, 0.15) is 19.4 Å². The predicted octanol–water partition coefficient (Wildman–Crippen LogP) is 4.33. The lowest BCUT2D eigenvalue weighted by Crippen LogP contribution is -2.22. The van der Waals surface area contributed by atoms with Crippen molar-refractivity contribution in [2.24, 2.45) is 5.92 Å². The summed E-state index contributed by atoms with van der Waals surface area (Å²) in [6.07, 6.45) is 0. The SMILES string of the molecule is CC(C)CN(C)c1ccc(CBr)cc1Cl. The summed E-state index contributed by atoms with van der Waals surface area (Å²) in [4.78, 5) is 2.20. The minimum atomic E-state index is 0.641. The highest BCUT2D eigenvalue weighted by atomic mass is 79.9. The van der Waals surface area contributed by atoms with Gasteiger partial charge in [0.1, 0.15) is 0 Å². The molecule has 1 rings (SSSR count). The van der Waals surface area contributed by atoms with Crippen molar-refractivity contribution in [3.05, 3.63) is 28.8 Å². The largest absolute Gasteiger partial charge is 0.373 e. The van der Waals surface area contributed by atoms with Crippen LogP contribution in [-0.4, -0.2) is 13.6 Å². The molecule has 0 N–H and O–H groups in total. The van der Waals surface area contributed by atoms with Crippen LogP contribution in [0.5, 0.6) is 0 Å². The van der Waals surface area contributed by atoms with Gasteiger partial charge in [0.05, 0.1) is 10.7 Å². The van der Waals surface area contributed by atoms with Gasteiger partial charge < -0.3 is 4.90 Å². The fraction of sp³-hybridized carbons (Fsp3) is 0.500. The smallest absolute Gasteiger partial charge is 0.0642 e. The third-order valence-electron chi connectivity index (χ3n) is 2.22. The third kappa shape index (κ3) is 3.69. The number of hydrogen-bond donors (Lipinski definition) is 0. The van der Waals surface area contributed by atoms with Crippen molar-refractivity contribution in [2.75, 3.05) is 18.5 Å².